The molecule has 0 spiro atoms. The average Bonchev–Trinajstić information content (AvgIpc) is 2.61. The smallest absolute Gasteiger partial charge is 0.309 e. The van der Waals surface area contributed by atoms with E-state index in [2.05, 4.69) is 0 Å². The second-order valence-corrected chi connectivity index (χ2v) is 6.27. The molecule has 0 N–H and O–H groups in total. The van der Waals surface area contributed by atoms with Crippen molar-refractivity contribution in [3.05, 3.63) is 28.2 Å². The molecule has 0 aromatic carbocycles. The minimum Gasteiger partial charge on any atom is -0.484 e. The Bertz CT molecular complexity index is 761. The van der Waals surface area contributed by atoms with Crippen LogP contribution < -0.4 is 15.2 Å². The van der Waals surface area contributed by atoms with Gasteiger partial charge < -0.3 is 19.1 Å². The molecule has 1 saturated heterocycles. The fourth-order valence-corrected chi connectivity index (χ4v) is 3.20. The van der Waals surface area contributed by atoms with E-state index in [0.717, 1.165) is 0 Å². The Hall–Kier alpha value is -2.55. The van der Waals surface area contributed by atoms with E-state index in [0.29, 0.717) is 19.8 Å². The van der Waals surface area contributed by atoms with Crippen LogP contribution >= 0.6 is 0 Å². The van der Waals surface area contributed by atoms with Crippen molar-refractivity contribution in [1.29, 1.82) is 0 Å². The molecule has 2 atom stereocenters. The maximum atomic E-state index is 13.0. The third-order valence-electron chi connectivity index (χ3n) is 4.45. The van der Waals surface area contributed by atoms with Crippen LogP contribution in [0.2, 0.25) is 0 Å². The monoisotopic (exact) mass is 365 g/mol. The van der Waals surface area contributed by atoms with Gasteiger partial charge in [0.15, 0.2) is 11.4 Å². The highest BCUT2D eigenvalue weighted by Crippen LogP contribution is 2.26. The lowest BCUT2D eigenvalue weighted by molar-refractivity contribution is -0.144. The van der Waals surface area contributed by atoms with Gasteiger partial charge in [-0.2, -0.15) is 0 Å². The number of pyridine rings is 1. The van der Waals surface area contributed by atoms with Gasteiger partial charge in [0.25, 0.3) is 5.91 Å². The molecule has 26 heavy (non-hydrogen) atoms. The standard InChI is InChI=1S/C17H23N3O6/c1-4-25-14(22)9-11(2)26-16-12(21)5-6-20-15(16)17(23)19-7-8-24-10-13(19)18(20)3/h5-6,11,13H,4,7-10H2,1-3H3. The maximum absolute atomic E-state index is 13.0. The number of hydrogen-bond donors (Lipinski definition) is 0. The Morgan fingerprint density at radius 2 is 2.19 bits per heavy atom. The fraction of sp³-hybridized carbons (Fsp3) is 0.588. The Balaban J connectivity index is 1.93. The van der Waals surface area contributed by atoms with Crippen molar-refractivity contribution in [2.75, 3.05) is 38.4 Å². The molecule has 2 unspecified atom stereocenters. The lowest BCUT2D eigenvalue weighted by Gasteiger charge is -2.46. The molecule has 2 aliphatic heterocycles. The molecule has 1 fully saturated rings. The number of hydrogen-bond acceptors (Lipinski definition) is 7. The Morgan fingerprint density at radius 3 is 2.92 bits per heavy atom. The summed E-state index contributed by atoms with van der Waals surface area (Å²) >= 11 is 0. The number of esters is 1. The van der Waals surface area contributed by atoms with Gasteiger partial charge in [-0.15, -0.1) is 0 Å². The highest BCUT2D eigenvalue weighted by molar-refractivity contribution is 5.96. The zero-order valence-electron chi connectivity index (χ0n) is 15.1. The first-order valence-electron chi connectivity index (χ1n) is 8.63. The number of likely N-dealkylation sites (N-methyl/N-ethyl adjacent to an activating group) is 1. The number of aromatic nitrogens is 1. The van der Waals surface area contributed by atoms with Crippen LogP contribution in [0.15, 0.2) is 17.1 Å². The van der Waals surface area contributed by atoms with Gasteiger partial charge in [-0.25, -0.2) is 0 Å². The molecule has 3 heterocycles. The number of carbonyl (C=O) groups excluding carboxylic acids is 2. The Labute approximate surface area is 151 Å². The number of fused-ring (bicyclic) bond motifs is 2. The van der Waals surface area contributed by atoms with Crippen molar-refractivity contribution in [3.63, 3.8) is 0 Å². The molecule has 9 nitrogen and oxygen atoms in total. The molecule has 142 valence electrons. The summed E-state index contributed by atoms with van der Waals surface area (Å²) in [6.45, 7) is 4.93. The summed E-state index contributed by atoms with van der Waals surface area (Å²) in [5, 5.41) is 1.83. The lowest BCUT2D eigenvalue weighted by atomic mass is 10.2. The second kappa shape index (κ2) is 7.36. The summed E-state index contributed by atoms with van der Waals surface area (Å²) in [7, 11) is 1.82. The number of nitrogens with zero attached hydrogens (tertiary/aromatic N) is 3. The SMILES string of the molecule is CCOC(=O)CC(C)Oc1c2n(ccc1=O)N(C)C1COCCN1C2=O. The molecule has 1 aromatic rings. The van der Waals surface area contributed by atoms with Gasteiger partial charge in [0.1, 0.15) is 12.3 Å². The van der Waals surface area contributed by atoms with E-state index in [1.165, 1.54) is 6.07 Å². The van der Waals surface area contributed by atoms with Crippen molar-refractivity contribution < 1.29 is 23.8 Å². The normalized spacial score (nSPS) is 20.3. The van der Waals surface area contributed by atoms with E-state index in [4.69, 9.17) is 14.2 Å². The number of morpholine rings is 1. The van der Waals surface area contributed by atoms with Crippen molar-refractivity contribution >= 4 is 11.9 Å². The summed E-state index contributed by atoms with van der Waals surface area (Å²) in [4.78, 5) is 38.7. The second-order valence-electron chi connectivity index (χ2n) is 6.27. The third kappa shape index (κ3) is 3.26. The van der Waals surface area contributed by atoms with Crippen molar-refractivity contribution in [2.45, 2.75) is 32.5 Å². The molecule has 1 amide bonds. The molecule has 2 aliphatic rings. The van der Waals surface area contributed by atoms with Crippen molar-refractivity contribution in [2.24, 2.45) is 0 Å². The van der Waals surface area contributed by atoms with Crippen molar-refractivity contribution in [1.82, 2.24) is 9.58 Å². The minimum absolute atomic E-state index is 0.00811. The van der Waals surface area contributed by atoms with Gasteiger partial charge in [0.2, 0.25) is 5.43 Å². The van der Waals surface area contributed by atoms with E-state index in [-0.39, 0.29) is 36.5 Å². The van der Waals surface area contributed by atoms with Gasteiger partial charge in [-0.05, 0) is 13.8 Å². The quantitative estimate of drug-likeness (QED) is 0.676. The molecule has 9 heteroatoms. The lowest BCUT2D eigenvalue weighted by Crippen LogP contribution is -2.64. The van der Waals surface area contributed by atoms with E-state index in [1.54, 1.807) is 29.6 Å². The van der Waals surface area contributed by atoms with Crippen LogP contribution in [-0.2, 0) is 14.3 Å². The molecule has 3 rings (SSSR count). The number of ether oxygens (including phenoxy) is 3. The Kier molecular flexibility index (Phi) is 5.17. The maximum Gasteiger partial charge on any atom is 0.309 e. The first kappa shape index (κ1) is 18.2. The van der Waals surface area contributed by atoms with Gasteiger partial charge in [-0.3, -0.25) is 24.1 Å². The number of rotatable bonds is 5. The van der Waals surface area contributed by atoms with Crippen LogP contribution in [0.25, 0.3) is 0 Å². The van der Waals surface area contributed by atoms with Gasteiger partial charge in [0.05, 0.1) is 26.2 Å². The summed E-state index contributed by atoms with van der Waals surface area (Å²) in [6, 6.07) is 1.35. The first-order chi connectivity index (χ1) is 12.4. The summed E-state index contributed by atoms with van der Waals surface area (Å²) in [5.74, 6) is -0.750. The molecule has 0 aliphatic carbocycles. The molecular formula is C17H23N3O6. The summed E-state index contributed by atoms with van der Waals surface area (Å²) < 4.78 is 17.7. The van der Waals surface area contributed by atoms with E-state index in [9.17, 15) is 14.4 Å². The first-order valence-corrected chi connectivity index (χ1v) is 8.63. The predicted molar refractivity (Wildman–Crippen MR) is 91.8 cm³/mol. The van der Waals surface area contributed by atoms with Gasteiger partial charge in [-0.1, -0.05) is 0 Å². The third-order valence-corrected chi connectivity index (χ3v) is 4.45. The van der Waals surface area contributed by atoms with Crippen LogP contribution in [-0.4, -0.2) is 67.1 Å². The highest BCUT2D eigenvalue weighted by Gasteiger charge is 2.40. The highest BCUT2D eigenvalue weighted by atomic mass is 16.5. The predicted octanol–water partition coefficient (Wildman–Crippen LogP) is -0.0513. The molecule has 0 saturated carbocycles. The largest absolute Gasteiger partial charge is 0.484 e. The molecular weight excluding hydrogens is 342 g/mol. The summed E-state index contributed by atoms with van der Waals surface area (Å²) in [5.41, 5.74) is -0.241. The van der Waals surface area contributed by atoms with Crippen LogP contribution in [0.4, 0.5) is 0 Å². The zero-order chi connectivity index (χ0) is 18.8. The van der Waals surface area contributed by atoms with E-state index >= 15 is 0 Å². The average molecular weight is 365 g/mol. The van der Waals surface area contributed by atoms with Crippen LogP contribution in [0.3, 0.4) is 0 Å². The summed E-state index contributed by atoms with van der Waals surface area (Å²) in [6.07, 6.45) is 0.696. The topological polar surface area (TPSA) is 90.3 Å². The zero-order valence-corrected chi connectivity index (χ0v) is 15.1. The van der Waals surface area contributed by atoms with E-state index < -0.39 is 17.5 Å². The molecule has 1 aromatic heterocycles. The van der Waals surface area contributed by atoms with Gasteiger partial charge in [0, 0.05) is 25.9 Å². The van der Waals surface area contributed by atoms with Crippen LogP contribution in [0.1, 0.15) is 30.8 Å². The molecule has 0 radical (unpaired) electrons. The van der Waals surface area contributed by atoms with Gasteiger partial charge >= 0.3 is 5.97 Å². The fourth-order valence-electron chi connectivity index (χ4n) is 3.20. The van der Waals surface area contributed by atoms with Crippen LogP contribution in [0, 0.1) is 0 Å². The Morgan fingerprint density at radius 1 is 1.42 bits per heavy atom. The number of amides is 1. The van der Waals surface area contributed by atoms with Crippen molar-refractivity contribution in [3.8, 4) is 5.75 Å². The number of carbonyl (C=O) groups is 2. The van der Waals surface area contributed by atoms with Crippen LogP contribution in [0.5, 0.6) is 5.75 Å². The molecule has 0 bridgehead atoms. The van der Waals surface area contributed by atoms with E-state index in [1.807, 2.05) is 12.1 Å². The minimum atomic E-state index is -0.602.